The van der Waals surface area contributed by atoms with E-state index in [0.717, 1.165) is 65.8 Å². The highest BCUT2D eigenvalue weighted by Gasteiger charge is 2.31. The average Bonchev–Trinajstić information content (AvgIpc) is 3.35. The van der Waals surface area contributed by atoms with Gasteiger partial charge >= 0.3 is 0 Å². The zero-order chi connectivity index (χ0) is 25.6. The lowest BCUT2D eigenvalue weighted by Gasteiger charge is -2.33. The topological polar surface area (TPSA) is 48.4 Å². The van der Waals surface area contributed by atoms with Crippen LogP contribution in [0.15, 0.2) is 29.3 Å². The summed E-state index contributed by atoms with van der Waals surface area (Å²) in [5, 5.41) is 2.17. The van der Waals surface area contributed by atoms with Crippen LogP contribution in [0.5, 0.6) is 5.75 Å². The summed E-state index contributed by atoms with van der Waals surface area (Å²) in [5.74, 6) is 1.06. The van der Waals surface area contributed by atoms with E-state index in [1.54, 1.807) is 0 Å². The highest BCUT2D eigenvalue weighted by atomic mass is 16.5. The predicted molar refractivity (Wildman–Crippen MR) is 153 cm³/mol. The lowest BCUT2D eigenvalue weighted by molar-refractivity contribution is 0.0775. The van der Waals surface area contributed by atoms with Gasteiger partial charge in [0.05, 0.1) is 23.9 Å². The molecule has 0 bridgehead atoms. The average molecular weight is 505 g/mol. The molecule has 1 atom stereocenters. The van der Waals surface area contributed by atoms with Crippen LogP contribution in [-0.2, 0) is 0 Å². The Labute approximate surface area is 222 Å². The Morgan fingerprint density at radius 3 is 2.43 bits per heavy atom. The molecule has 37 heavy (non-hydrogen) atoms. The fourth-order valence-corrected chi connectivity index (χ4v) is 6.04. The van der Waals surface area contributed by atoms with Crippen molar-refractivity contribution >= 4 is 28.6 Å². The first kappa shape index (κ1) is 26.2. The van der Waals surface area contributed by atoms with Crippen LogP contribution in [0, 0.1) is 6.92 Å². The van der Waals surface area contributed by atoms with Gasteiger partial charge in [0.2, 0.25) is 0 Å². The Morgan fingerprint density at radius 1 is 0.892 bits per heavy atom. The van der Waals surface area contributed by atoms with E-state index in [4.69, 9.17) is 9.73 Å². The zero-order valence-electron chi connectivity index (χ0n) is 22.9. The SMILES string of the molecule is CCN1CCN(CCCCCCCCOc2cc3cc4c(cc3cc2C)C(=O)N2CCC[C@H]2C=N4)CC1. The summed E-state index contributed by atoms with van der Waals surface area (Å²) >= 11 is 0. The second-order valence-electron chi connectivity index (χ2n) is 11.1. The standard InChI is InChI=1S/C31H44N4O2/c1-3-33-14-16-34(17-15-33)12-8-6-4-5-7-9-18-37-30-22-26-21-29-28(20-25(26)19-24(30)2)31(36)35-13-10-11-27(35)23-32-29/h19-23,27H,3-18H2,1-2H3/t27-/m0/s1. The molecule has 0 saturated carbocycles. The number of carbonyl (C=O) groups excluding carboxylic acids is 1. The van der Waals surface area contributed by atoms with Crippen LogP contribution in [0.2, 0.25) is 0 Å². The number of ether oxygens (including phenoxy) is 1. The van der Waals surface area contributed by atoms with Crippen molar-refractivity contribution < 1.29 is 9.53 Å². The van der Waals surface area contributed by atoms with Gasteiger partial charge in [-0.1, -0.05) is 32.6 Å². The number of piperazine rings is 1. The number of hydrogen-bond acceptors (Lipinski definition) is 5. The number of amides is 1. The highest BCUT2D eigenvalue weighted by Crippen LogP contribution is 2.34. The van der Waals surface area contributed by atoms with Crippen molar-refractivity contribution in [1.29, 1.82) is 0 Å². The normalized spacial score (nSPS) is 20.3. The van der Waals surface area contributed by atoms with Gasteiger partial charge in [0.25, 0.3) is 5.91 Å². The number of aryl methyl sites for hydroxylation is 1. The number of aliphatic imine (C=N–C) groups is 1. The number of unbranched alkanes of at least 4 members (excludes halogenated alkanes) is 5. The summed E-state index contributed by atoms with van der Waals surface area (Å²) in [4.78, 5) is 25.0. The fraction of sp³-hybridized carbons (Fsp3) is 0.613. The van der Waals surface area contributed by atoms with Gasteiger partial charge < -0.3 is 19.4 Å². The van der Waals surface area contributed by atoms with Crippen molar-refractivity contribution in [3.05, 3.63) is 35.4 Å². The number of fused-ring (bicyclic) bond motifs is 3. The zero-order valence-corrected chi connectivity index (χ0v) is 22.9. The summed E-state index contributed by atoms with van der Waals surface area (Å²) in [6.45, 7) is 13.4. The predicted octanol–water partition coefficient (Wildman–Crippen LogP) is 5.83. The molecule has 0 aromatic heterocycles. The Morgan fingerprint density at radius 2 is 1.62 bits per heavy atom. The van der Waals surface area contributed by atoms with Crippen LogP contribution in [0.3, 0.4) is 0 Å². The summed E-state index contributed by atoms with van der Waals surface area (Å²) in [7, 11) is 0. The van der Waals surface area contributed by atoms with Crippen LogP contribution in [0.25, 0.3) is 10.8 Å². The smallest absolute Gasteiger partial charge is 0.256 e. The van der Waals surface area contributed by atoms with Gasteiger partial charge in [0, 0.05) is 38.9 Å². The molecule has 3 heterocycles. The first-order valence-electron chi connectivity index (χ1n) is 14.6. The van der Waals surface area contributed by atoms with Crippen LogP contribution >= 0.6 is 0 Å². The van der Waals surface area contributed by atoms with Crippen molar-refractivity contribution in [3.8, 4) is 5.75 Å². The second-order valence-corrected chi connectivity index (χ2v) is 11.1. The van der Waals surface area contributed by atoms with Gasteiger partial charge in [-0.15, -0.1) is 0 Å². The molecule has 5 rings (SSSR count). The van der Waals surface area contributed by atoms with E-state index in [1.807, 2.05) is 17.2 Å². The molecule has 6 nitrogen and oxygen atoms in total. The summed E-state index contributed by atoms with van der Waals surface area (Å²) < 4.78 is 6.20. The van der Waals surface area contributed by atoms with E-state index >= 15 is 0 Å². The molecule has 200 valence electrons. The van der Waals surface area contributed by atoms with Crippen LogP contribution in [0.4, 0.5) is 5.69 Å². The molecule has 1 amide bonds. The molecule has 2 saturated heterocycles. The van der Waals surface area contributed by atoms with Crippen molar-refractivity contribution in [2.45, 2.75) is 71.3 Å². The second kappa shape index (κ2) is 12.4. The van der Waals surface area contributed by atoms with Gasteiger partial charge in [0.1, 0.15) is 5.75 Å². The first-order chi connectivity index (χ1) is 18.1. The third-order valence-corrected chi connectivity index (χ3v) is 8.46. The molecule has 0 aliphatic carbocycles. The lowest BCUT2D eigenvalue weighted by atomic mass is 10.0. The first-order valence-corrected chi connectivity index (χ1v) is 14.6. The number of nitrogens with zero attached hydrogens (tertiary/aromatic N) is 4. The molecule has 3 aliphatic rings. The largest absolute Gasteiger partial charge is 0.493 e. The maximum Gasteiger partial charge on any atom is 0.256 e. The molecular weight excluding hydrogens is 460 g/mol. The van der Waals surface area contributed by atoms with Crippen LogP contribution in [0.1, 0.15) is 74.2 Å². The monoisotopic (exact) mass is 504 g/mol. The molecule has 3 aliphatic heterocycles. The molecule has 0 radical (unpaired) electrons. The Bertz CT molecular complexity index is 1110. The molecule has 0 N–H and O–H groups in total. The fourth-order valence-electron chi connectivity index (χ4n) is 6.04. The van der Waals surface area contributed by atoms with E-state index in [-0.39, 0.29) is 11.9 Å². The van der Waals surface area contributed by atoms with Gasteiger partial charge in [-0.2, -0.15) is 0 Å². The van der Waals surface area contributed by atoms with Crippen molar-refractivity contribution in [3.63, 3.8) is 0 Å². The van der Waals surface area contributed by atoms with Crippen molar-refractivity contribution in [1.82, 2.24) is 14.7 Å². The Hall–Kier alpha value is -2.44. The minimum Gasteiger partial charge on any atom is -0.493 e. The maximum atomic E-state index is 13.1. The van der Waals surface area contributed by atoms with E-state index in [2.05, 4.69) is 41.8 Å². The molecule has 6 heteroatoms. The number of rotatable bonds is 11. The molecule has 2 fully saturated rings. The van der Waals surface area contributed by atoms with E-state index in [9.17, 15) is 4.79 Å². The van der Waals surface area contributed by atoms with Crippen LogP contribution in [-0.4, -0.2) is 85.3 Å². The highest BCUT2D eigenvalue weighted by molar-refractivity contribution is 6.06. The van der Waals surface area contributed by atoms with Crippen molar-refractivity contribution in [2.75, 3.05) is 52.4 Å². The van der Waals surface area contributed by atoms with Gasteiger partial charge in [0.15, 0.2) is 0 Å². The van der Waals surface area contributed by atoms with Crippen LogP contribution < -0.4 is 4.74 Å². The third kappa shape index (κ3) is 6.35. The number of carbonyl (C=O) groups is 1. The Balaban J connectivity index is 1.05. The molecule has 2 aromatic rings. The van der Waals surface area contributed by atoms with E-state index in [1.165, 1.54) is 71.4 Å². The minimum absolute atomic E-state index is 0.115. The lowest BCUT2D eigenvalue weighted by Crippen LogP contribution is -2.46. The molecule has 0 unspecified atom stereocenters. The molecular formula is C31H44N4O2. The van der Waals surface area contributed by atoms with Gasteiger partial charge in [-0.3, -0.25) is 9.79 Å². The summed E-state index contributed by atoms with van der Waals surface area (Å²) in [6.07, 6.45) is 11.6. The van der Waals surface area contributed by atoms with Crippen molar-refractivity contribution in [2.24, 2.45) is 4.99 Å². The number of likely N-dealkylation sites (N-methyl/N-ethyl adjacent to an activating group) is 1. The molecule has 2 aromatic carbocycles. The number of benzene rings is 2. The molecule has 0 spiro atoms. The quantitative estimate of drug-likeness (QED) is 0.362. The van der Waals surface area contributed by atoms with Gasteiger partial charge in [-0.05, 0) is 86.3 Å². The summed E-state index contributed by atoms with van der Waals surface area (Å²) in [6, 6.07) is 8.49. The Kier molecular flexibility index (Phi) is 8.78. The minimum atomic E-state index is 0.115. The van der Waals surface area contributed by atoms with E-state index < -0.39 is 0 Å². The van der Waals surface area contributed by atoms with Gasteiger partial charge in [-0.25, -0.2) is 0 Å². The number of hydrogen-bond donors (Lipinski definition) is 0. The maximum absolute atomic E-state index is 13.1. The van der Waals surface area contributed by atoms with E-state index in [0.29, 0.717) is 0 Å². The summed E-state index contributed by atoms with van der Waals surface area (Å²) in [5.41, 5.74) is 2.63. The third-order valence-electron chi connectivity index (χ3n) is 8.46.